The number of nitrogens with zero attached hydrogens (tertiary/aromatic N) is 3. The minimum Gasteiger partial charge on any atom is -0.481 e. The van der Waals surface area contributed by atoms with Gasteiger partial charge in [-0.15, -0.1) is 0 Å². The van der Waals surface area contributed by atoms with Crippen molar-refractivity contribution in [3.8, 4) is 17.0 Å². The van der Waals surface area contributed by atoms with Gasteiger partial charge in [0.15, 0.2) is 0 Å². The van der Waals surface area contributed by atoms with Gasteiger partial charge in [-0.05, 0) is 23.1 Å². The molecule has 0 aliphatic carbocycles. The summed E-state index contributed by atoms with van der Waals surface area (Å²) < 4.78 is 7.83. The molecule has 2 unspecified atom stereocenters. The minimum absolute atomic E-state index is 0.00520. The molecule has 0 spiro atoms. The Morgan fingerprint density at radius 3 is 2.46 bits per heavy atom. The average molecular weight is 500 g/mol. The fourth-order valence-electron chi connectivity index (χ4n) is 4.04. The molecule has 5 rings (SSSR count). The lowest BCUT2D eigenvalue weighted by Gasteiger charge is -2.27. The second-order valence-corrected chi connectivity index (χ2v) is 9.13. The molecule has 2 aromatic heterocycles. The monoisotopic (exact) mass is 499 g/mol. The van der Waals surface area contributed by atoms with Crippen molar-refractivity contribution >= 4 is 11.7 Å². The fourth-order valence-corrected chi connectivity index (χ4v) is 4.04. The van der Waals surface area contributed by atoms with Crippen LogP contribution in [0, 0.1) is 0 Å². The van der Waals surface area contributed by atoms with E-state index in [9.17, 15) is 4.79 Å². The van der Waals surface area contributed by atoms with Crippen molar-refractivity contribution in [1.29, 1.82) is 0 Å². The average Bonchev–Trinajstić information content (AvgIpc) is 3.36. The molecule has 4 aromatic rings. The summed E-state index contributed by atoms with van der Waals surface area (Å²) in [6.45, 7) is 4.37. The fraction of sp³-hybridized carbons (Fsp3) is 0.276. The van der Waals surface area contributed by atoms with Crippen LogP contribution >= 0.6 is 0 Å². The molecule has 0 fully saturated rings. The number of hydrogen-bond acceptors (Lipinski definition) is 6. The van der Waals surface area contributed by atoms with Gasteiger partial charge in [0.1, 0.15) is 6.10 Å². The molecule has 0 saturated heterocycles. The van der Waals surface area contributed by atoms with E-state index in [0.717, 1.165) is 28.9 Å². The summed E-state index contributed by atoms with van der Waals surface area (Å²) >= 11 is 0. The van der Waals surface area contributed by atoms with Crippen LogP contribution in [0.4, 0.5) is 5.69 Å². The van der Waals surface area contributed by atoms with E-state index in [1.165, 1.54) is 5.56 Å². The smallest absolute Gasteiger partial charge is 0.307 e. The standard InChI is InChI=1S/C23H27N5O3.C6H6/c1-15(17-5-3-16(4-6-17)7-22(29)30)9-24-12-20-13-25-21-8-18(10-26-23(21)31-20)19-11-27-28(2)14-19;1-2-4-6-5-3-1/h3-6,8,10-11,14-15,20,24-25H,7,9,12-13H2,1-2H3,(H,29,30);1-6H. The van der Waals surface area contributed by atoms with Crippen LogP contribution in [0.3, 0.4) is 0 Å². The summed E-state index contributed by atoms with van der Waals surface area (Å²) in [4.78, 5) is 15.3. The molecule has 0 amide bonds. The van der Waals surface area contributed by atoms with Crippen LogP contribution in [-0.2, 0) is 18.3 Å². The summed E-state index contributed by atoms with van der Waals surface area (Å²) in [7, 11) is 1.89. The van der Waals surface area contributed by atoms with E-state index in [2.05, 4.69) is 27.6 Å². The largest absolute Gasteiger partial charge is 0.481 e. The van der Waals surface area contributed by atoms with Crippen LogP contribution in [0.2, 0.25) is 0 Å². The molecule has 0 radical (unpaired) electrons. The molecule has 1 aliphatic rings. The SMILES string of the molecule is CC(CNCC1CNc2cc(-c3cnn(C)c3)cnc2O1)c1ccc(CC(=O)O)cc1.c1ccccc1. The van der Waals surface area contributed by atoms with Crippen LogP contribution in [0.15, 0.2) is 85.3 Å². The van der Waals surface area contributed by atoms with Gasteiger partial charge in [0.05, 0.1) is 24.8 Å². The van der Waals surface area contributed by atoms with E-state index in [-0.39, 0.29) is 12.5 Å². The first-order valence-electron chi connectivity index (χ1n) is 12.4. The highest BCUT2D eigenvalue weighted by Gasteiger charge is 2.21. The molecule has 192 valence electrons. The van der Waals surface area contributed by atoms with Gasteiger partial charge in [0.25, 0.3) is 0 Å². The number of aromatic nitrogens is 3. The first-order valence-corrected chi connectivity index (χ1v) is 12.4. The molecular weight excluding hydrogens is 466 g/mol. The number of fused-ring (bicyclic) bond motifs is 1. The highest BCUT2D eigenvalue weighted by atomic mass is 16.5. The number of carbonyl (C=O) groups is 1. The molecule has 2 atom stereocenters. The maximum atomic E-state index is 10.8. The zero-order valence-corrected chi connectivity index (χ0v) is 21.2. The Balaban J connectivity index is 0.000000469. The van der Waals surface area contributed by atoms with E-state index in [4.69, 9.17) is 9.84 Å². The van der Waals surface area contributed by atoms with Crippen LogP contribution in [0.1, 0.15) is 24.0 Å². The van der Waals surface area contributed by atoms with E-state index in [0.29, 0.717) is 24.9 Å². The maximum absolute atomic E-state index is 10.8. The molecule has 3 N–H and O–H groups in total. The summed E-state index contributed by atoms with van der Waals surface area (Å²) in [5.41, 5.74) is 4.92. The van der Waals surface area contributed by atoms with Crippen molar-refractivity contribution in [2.24, 2.45) is 7.05 Å². The summed E-state index contributed by atoms with van der Waals surface area (Å²) in [6, 6.07) is 21.8. The molecule has 1 aliphatic heterocycles. The number of pyridine rings is 1. The number of carboxylic acids is 1. The first kappa shape index (κ1) is 25.9. The lowest BCUT2D eigenvalue weighted by atomic mass is 9.99. The van der Waals surface area contributed by atoms with Crippen molar-refractivity contribution in [1.82, 2.24) is 20.1 Å². The Labute approximate surface area is 217 Å². The van der Waals surface area contributed by atoms with Crippen LogP contribution in [0.5, 0.6) is 5.88 Å². The lowest BCUT2D eigenvalue weighted by Crippen LogP contribution is -2.40. The number of nitrogens with one attached hydrogen (secondary N) is 2. The van der Waals surface area contributed by atoms with Gasteiger partial charge < -0.3 is 20.5 Å². The maximum Gasteiger partial charge on any atom is 0.307 e. The molecule has 2 aromatic carbocycles. The van der Waals surface area contributed by atoms with Gasteiger partial charge in [-0.1, -0.05) is 67.6 Å². The number of ether oxygens (including phenoxy) is 1. The lowest BCUT2D eigenvalue weighted by molar-refractivity contribution is -0.136. The normalized spacial score (nSPS) is 14.8. The van der Waals surface area contributed by atoms with Gasteiger partial charge in [0.2, 0.25) is 5.88 Å². The second kappa shape index (κ2) is 12.7. The van der Waals surface area contributed by atoms with Crippen LogP contribution in [0.25, 0.3) is 11.1 Å². The van der Waals surface area contributed by atoms with Gasteiger partial charge in [-0.25, -0.2) is 4.98 Å². The zero-order chi connectivity index (χ0) is 26.0. The zero-order valence-electron chi connectivity index (χ0n) is 21.2. The van der Waals surface area contributed by atoms with Crippen molar-refractivity contribution in [2.45, 2.75) is 25.4 Å². The van der Waals surface area contributed by atoms with Gasteiger partial charge in [0, 0.05) is 43.7 Å². The minimum atomic E-state index is -0.812. The topological polar surface area (TPSA) is 101 Å². The number of carboxylic acid groups (broad SMARTS) is 1. The van der Waals surface area contributed by atoms with E-state index in [1.54, 1.807) is 4.68 Å². The van der Waals surface area contributed by atoms with Crippen molar-refractivity contribution in [2.75, 3.05) is 25.0 Å². The molecular formula is C29H33N5O3. The highest BCUT2D eigenvalue weighted by molar-refractivity contribution is 5.70. The summed E-state index contributed by atoms with van der Waals surface area (Å²) in [5, 5.41) is 20.0. The third-order valence-electron chi connectivity index (χ3n) is 6.08. The Morgan fingerprint density at radius 2 is 1.84 bits per heavy atom. The number of rotatable bonds is 8. The molecule has 3 heterocycles. The molecule has 0 saturated carbocycles. The number of hydrogen-bond donors (Lipinski definition) is 3. The summed E-state index contributed by atoms with van der Waals surface area (Å²) in [5.74, 6) is 0.114. The van der Waals surface area contributed by atoms with E-state index >= 15 is 0 Å². The quantitative estimate of drug-likeness (QED) is 0.331. The van der Waals surface area contributed by atoms with Crippen molar-refractivity contribution < 1.29 is 14.6 Å². The van der Waals surface area contributed by atoms with E-state index < -0.39 is 5.97 Å². The number of aliphatic carboxylic acids is 1. The first-order chi connectivity index (χ1) is 18.0. The molecule has 37 heavy (non-hydrogen) atoms. The van der Waals surface area contributed by atoms with Crippen LogP contribution < -0.4 is 15.4 Å². The van der Waals surface area contributed by atoms with Gasteiger partial charge in [-0.2, -0.15) is 5.10 Å². The Bertz CT molecular complexity index is 1250. The Hall–Kier alpha value is -4.17. The Kier molecular flexibility index (Phi) is 8.89. The molecule has 8 heteroatoms. The number of anilines is 1. The third kappa shape index (κ3) is 7.65. The van der Waals surface area contributed by atoms with Crippen molar-refractivity contribution in [3.05, 3.63) is 96.4 Å². The summed E-state index contributed by atoms with van der Waals surface area (Å²) in [6.07, 6.45) is 5.64. The number of aryl methyl sites for hydroxylation is 1. The van der Waals surface area contributed by atoms with Gasteiger partial charge in [-0.3, -0.25) is 9.48 Å². The molecule has 0 bridgehead atoms. The van der Waals surface area contributed by atoms with E-state index in [1.807, 2.05) is 92.4 Å². The van der Waals surface area contributed by atoms with Crippen LogP contribution in [-0.4, -0.2) is 51.6 Å². The second-order valence-electron chi connectivity index (χ2n) is 9.13. The Morgan fingerprint density at radius 1 is 1.14 bits per heavy atom. The predicted molar refractivity (Wildman–Crippen MR) is 145 cm³/mol. The van der Waals surface area contributed by atoms with Gasteiger partial charge >= 0.3 is 5.97 Å². The number of benzene rings is 2. The predicted octanol–water partition coefficient (Wildman–Crippen LogP) is 4.36. The molecule has 8 nitrogen and oxygen atoms in total. The highest BCUT2D eigenvalue weighted by Crippen LogP contribution is 2.31. The van der Waals surface area contributed by atoms with Crippen molar-refractivity contribution in [3.63, 3.8) is 0 Å². The third-order valence-corrected chi connectivity index (χ3v) is 6.08.